The van der Waals surface area contributed by atoms with Crippen LogP contribution in [0.1, 0.15) is 24.2 Å². The molecule has 1 aliphatic heterocycles. The summed E-state index contributed by atoms with van der Waals surface area (Å²) in [6, 6.07) is 4.52. The van der Waals surface area contributed by atoms with E-state index in [0.717, 1.165) is 4.90 Å². The van der Waals surface area contributed by atoms with Crippen molar-refractivity contribution in [3.8, 4) is 5.75 Å². The minimum atomic E-state index is -1.15. The number of carboxylic acids is 1. The third kappa shape index (κ3) is 3.00. The fourth-order valence-corrected chi connectivity index (χ4v) is 2.21. The number of halogens is 1. The van der Waals surface area contributed by atoms with E-state index < -0.39 is 29.9 Å². The van der Waals surface area contributed by atoms with Gasteiger partial charge in [-0.1, -0.05) is 0 Å². The summed E-state index contributed by atoms with van der Waals surface area (Å²) in [5.41, 5.74) is 0.571. The van der Waals surface area contributed by atoms with Gasteiger partial charge in [-0.3, -0.25) is 19.3 Å². The molecule has 1 aliphatic rings. The van der Waals surface area contributed by atoms with Crippen LogP contribution in [0.25, 0.3) is 0 Å². The van der Waals surface area contributed by atoms with Crippen molar-refractivity contribution in [2.24, 2.45) is 0 Å². The Morgan fingerprint density at radius 3 is 2.71 bits per heavy atom. The van der Waals surface area contributed by atoms with Crippen LogP contribution in [0.4, 0.5) is 5.69 Å². The van der Waals surface area contributed by atoms with Gasteiger partial charge in [-0.15, -0.1) is 11.6 Å². The number of carboxylic acid groups (broad SMARTS) is 1. The molecule has 0 aromatic heterocycles. The molecule has 2 unspecified atom stereocenters. The van der Waals surface area contributed by atoms with E-state index in [9.17, 15) is 14.4 Å². The maximum absolute atomic E-state index is 12.1. The van der Waals surface area contributed by atoms with Gasteiger partial charge >= 0.3 is 5.97 Å². The Kier molecular flexibility index (Phi) is 4.18. The molecule has 0 saturated carbocycles. The molecule has 2 rings (SSSR count). The van der Waals surface area contributed by atoms with E-state index in [0.29, 0.717) is 11.3 Å². The number of benzene rings is 1. The number of ether oxygens (including phenoxy) is 1. The molecule has 7 heteroatoms. The molecule has 1 heterocycles. The number of ketones is 1. The molecule has 2 atom stereocenters. The second-order valence-corrected chi connectivity index (χ2v) is 5.40. The molecular formula is C14H14ClNO5. The lowest BCUT2D eigenvalue weighted by Gasteiger charge is -2.32. The third-order valence-electron chi connectivity index (χ3n) is 3.11. The summed E-state index contributed by atoms with van der Waals surface area (Å²) in [6.07, 6.45) is -0.773. The van der Waals surface area contributed by atoms with Crippen LogP contribution < -0.4 is 9.64 Å². The Bertz CT molecular complexity index is 613. The van der Waals surface area contributed by atoms with E-state index >= 15 is 0 Å². The topological polar surface area (TPSA) is 83.9 Å². The molecule has 1 aromatic carbocycles. The Labute approximate surface area is 126 Å². The molecule has 1 N–H and O–H groups in total. The maximum atomic E-state index is 12.1. The highest BCUT2D eigenvalue weighted by Crippen LogP contribution is 2.35. The van der Waals surface area contributed by atoms with Crippen LogP contribution in [-0.2, 0) is 9.59 Å². The Morgan fingerprint density at radius 2 is 2.14 bits per heavy atom. The largest absolute Gasteiger partial charge is 0.480 e. The molecule has 0 fully saturated rings. The number of hydrogen-bond acceptors (Lipinski definition) is 4. The summed E-state index contributed by atoms with van der Waals surface area (Å²) in [4.78, 5) is 36.0. The highest BCUT2D eigenvalue weighted by Gasteiger charge is 2.33. The number of aliphatic carboxylic acids is 1. The average Bonchev–Trinajstić information content (AvgIpc) is 2.42. The summed E-state index contributed by atoms with van der Waals surface area (Å²) < 4.78 is 5.42. The minimum Gasteiger partial charge on any atom is -0.480 e. The first kappa shape index (κ1) is 15.3. The standard InChI is InChI=1S/C14H14ClNO5/c1-7(15)13(19)9-3-4-11-10(5-9)16(6-12(17)18)14(20)8(2)21-11/h3-5,7-8H,6H2,1-2H3,(H,17,18). The molecule has 112 valence electrons. The van der Waals surface area contributed by atoms with Gasteiger partial charge in [0.1, 0.15) is 12.3 Å². The average molecular weight is 312 g/mol. The smallest absolute Gasteiger partial charge is 0.323 e. The van der Waals surface area contributed by atoms with Gasteiger partial charge in [0, 0.05) is 5.56 Å². The second kappa shape index (κ2) is 5.73. The molecule has 1 aromatic rings. The summed E-state index contributed by atoms with van der Waals surface area (Å²) in [5, 5.41) is 8.23. The van der Waals surface area contributed by atoms with E-state index in [1.165, 1.54) is 6.07 Å². The van der Waals surface area contributed by atoms with Crippen molar-refractivity contribution in [3.05, 3.63) is 23.8 Å². The van der Waals surface area contributed by atoms with Gasteiger partial charge in [0.05, 0.1) is 11.1 Å². The zero-order valence-corrected chi connectivity index (χ0v) is 12.3. The summed E-state index contributed by atoms with van der Waals surface area (Å²) in [6.45, 7) is 2.59. The predicted molar refractivity (Wildman–Crippen MR) is 76.2 cm³/mol. The number of alkyl halides is 1. The predicted octanol–water partition coefficient (Wildman–Crippen LogP) is 1.70. The van der Waals surface area contributed by atoms with E-state index in [2.05, 4.69) is 0 Å². The first-order valence-electron chi connectivity index (χ1n) is 6.33. The summed E-state index contributed by atoms with van der Waals surface area (Å²) in [7, 11) is 0. The normalized spacial score (nSPS) is 18.7. The Balaban J connectivity index is 2.47. The van der Waals surface area contributed by atoms with Crippen LogP contribution in [0.5, 0.6) is 5.75 Å². The molecular weight excluding hydrogens is 298 g/mol. The number of rotatable bonds is 4. The van der Waals surface area contributed by atoms with Gasteiger partial charge < -0.3 is 9.84 Å². The fraction of sp³-hybridized carbons (Fsp3) is 0.357. The van der Waals surface area contributed by atoms with Crippen LogP contribution in [-0.4, -0.2) is 40.8 Å². The number of carbonyl (C=O) groups excluding carboxylic acids is 2. The Hall–Kier alpha value is -2.08. The lowest BCUT2D eigenvalue weighted by molar-refractivity contribution is -0.137. The summed E-state index contributed by atoms with van der Waals surface area (Å²) in [5.74, 6) is -1.55. The number of amides is 1. The van der Waals surface area contributed by atoms with Crippen LogP contribution in [0, 0.1) is 0 Å². The number of hydrogen-bond donors (Lipinski definition) is 1. The summed E-state index contributed by atoms with van der Waals surface area (Å²) >= 11 is 5.76. The van der Waals surface area contributed by atoms with Gasteiger partial charge in [-0.05, 0) is 32.0 Å². The lowest BCUT2D eigenvalue weighted by atomic mass is 10.1. The maximum Gasteiger partial charge on any atom is 0.323 e. The van der Waals surface area contributed by atoms with Crippen molar-refractivity contribution >= 4 is 34.9 Å². The molecule has 0 spiro atoms. The zero-order chi connectivity index (χ0) is 15.7. The molecule has 0 radical (unpaired) electrons. The molecule has 6 nitrogen and oxygen atoms in total. The van der Waals surface area contributed by atoms with Gasteiger partial charge in [0.2, 0.25) is 0 Å². The van der Waals surface area contributed by atoms with E-state index in [4.69, 9.17) is 21.4 Å². The Morgan fingerprint density at radius 1 is 1.48 bits per heavy atom. The minimum absolute atomic E-state index is 0.267. The van der Waals surface area contributed by atoms with Crippen LogP contribution in [0.3, 0.4) is 0 Å². The van der Waals surface area contributed by atoms with Crippen LogP contribution >= 0.6 is 11.6 Å². The number of carbonyl (C=O) groups is 3. The highest BCUT2D eigenvalue weighted by atomic mass is 35.5. The SMILES string of the molecule is CC(Cl)C(=O)c1ccc2c(c1)N(CC(=O)O)C(=O)C(C)O2. The van der Waals surface area contributed by atoms with Gasteiger partial charge in [0.25, 0.3) is 5.91 Å². The highest BCUT2D eigenvalue weighted by molar-refractivity contribution is 6.33. The number of anilines is 1. The van der Waals surface area contributed by atoms with Crippen molar-refractivity contribution in [2.75, 3.05) is 11.4 Å². The molecule has 21 heavy (non-hydrogen) atoms. The number of fused-ring (bicyclic) bond motifs is 1. The molecule has 0 aliphatic carbocycles. The zero-order valence-electron chi connectivity index (χ0n) is 11.5. The van der Waals surface area contributed by atoms with E-state index in [-0.39, 0.29) is 11.5 Å². The fourth-order valence-electron chi connectivity index (χ4n) is 2.09. The lowest BCUT2D eigenvalue weighted by Crippen LogP contribution is -2.46. The first-order valence-corrected chi connectivity index (χ1v) is 6.77. The van der Waals surface area contributed by atoms with Crippen molar-refractivity contribution in [3.63, 3.8) is 0 Å². The quantitative estimate of drug-likeness (QED) is 0.676. The molecule has 0 saturated heterocycles. The molecule has 0 bridgehead atoms. The van der Waals surface area contributed by atoms with Gasteiger partial charge in [-0.25, -0.2) is 0 Å². The van der Waals surface area contributed by atoms with E-state index in [1.54, 1.807) is 26.0 Å². The monoisotopic (exact) mass is 311 g/mol. The third-order valence-corrected chi connectivity index (χ3v) is 3.30. The first-order chi connectivity index (χ1) is 9.81. The van der Waals surface area contributed by atoms with Crippen molar-refractivity contribution in [1.82, 2.24) is 0 Å². The van der Waals surface area contributed by atoms with Crippen LogP contribution in [0.15, 0.2) is 18.2 Å². The van der Waals surface area contributed by atoms with Crippen molar-refractivity contribution in [2.45, 2.75) is 25.3 Å². The van der Waals surface area contributed by atoms with Gasteiger partial charge in [-0.2, -0.15) is 0 Å². The number of nitrogens with zero attached hydrogens (tertiary/aromatic N) is 1. The van der Waals surface area contributed by atoms with Crippen molar-refractivity contribution in [1.29, 1.82) is 0 Å². The van der Waals surface area contributed by atoms with Crippen molar-refractivity contribution < 1.29 is 24.2 Å². The second-order valence-electron chi connectivity index (χ2n) is 4.74. The van der Waals surface area contributed by atoms with Gasteiger partial charge in [0.15, 0.2) is 11.9 Å². The molecule has 1 amide bonds. The van der Waals surface area contributed by atoms with E-state index in [1.807, 2.05) is 0 Å². The van der Waals surface area contributed by atoms with Crippen LogP contribution in [0.2, 0.25) is 0 Å². The number of Topliss-reactive ketones (excluding diaryl/α,β-unsaturated/α-hetero) is 1.